The lowest BCUT2D eigenvalue weighted by Crippen LogP contribution is -2.37. The maximum Gasteiger partial charge on any atom is 0.289 e. The first-order chi connectivity index (χ1) is 7.02. The third kappa shape index (κ3) is 2.83. The van der Waals surface area contributed by atoms with Gasteiger partial charge in [-0.1, -0.05) is 0 Å². The van der Waals surface area contributed by atoms with Crippen LogP contribution in [0.2, 0.25) is 0 Å². The van der Waals surface area contributed by atoms with Crippen LogP contribution in [0.3, 0.4) is 0 Å². The zero-order chi connectivity index (χ0) is 11.4. The van der Waals surface area contributed by atoms with E-state index in [1.165, 1.54) is 16.1 Å². The highest BCUT2D eigenvalue weighted by Gasteiger charge is 2.17. The topological polar surface area (TPSA) is 53.8 Å². The minimum absolute atomic E-state index is 0.0481. The van der Waals surface area contributed by atoms with Crippen LogP contribution in [0.5, 0.6) is 0 Å². The number of nitrogens with zero attached hydrogens (tertiary/aromatic N) is 2. The van der Waals surface area contributed by atoms with Gasteiger partial charge in [0.2, 0.25) is 5.91 Å². The Morgan fingerprint density at radius 3 is 2.47 bits per heavy atom. The lowest BCUT2D eigenvalue weighted by atomic mass is 10.4. The van der Waals surface area contributed by atoms with E-state index in [0.29, 0.717) is 0 Å². The van der Waals surface area contributed by atoms with Crippen molar-refractivity contribution in [2.45, 2.75) is 0 Å². The van der Waals surface area contributed by atoms with Gasteiger partial charge >= 0.3 is 0 Å². The molecule has 0 radical (unpaired) electrons. The van der Waals surface area contributed by atoms with Crippen LogP contribution in [0.15, 0.2) is 22.8 Å². The molecule has 0 aromatic carbocycles. The van der Waals surface area contributed by atoms with E-state index < -0.39 is 0 Å². The highest BCUT2D eigenvalue weighted by atomic mass is 16.3. The largest absolute Gasteiger partial charge is 0.459 e. The summed E-state index contributed by atoms with van der Waals surface area (Å²) in [6, 6.07) is 3.20. The average molecular weight is 210 g/mol. The Balaban J connectivity index is 2.58. The highest BCUT2D eigenvalue weighted by Crippen LogP contribution is 2.03. The predicted octanol–water partition coefficient (Wildman–Crippen LogP) is 0.440. The molecule has 1 rings (SSSR count). The van der Waals surface area contributed by atoms with Crippen molar-refractivity contribution in [1.82, 2.24) is 9.80 Å². The van der Waals surface area contributed by atoms with Gasteiger partial charge in [-0.25, -0.2) is 0 Å². The lowest BCUT2D eigenvalue weighted by Gasteiger charge is -2.17. The summed E-state index contributed by atoms with van der Waals surface area (Å²) in [7, 11) is 4.85. The van der Waals surface area contributed by atoms with E-state index in [2.05, 4.69) is 0 Å². The van der Waals surface area contributed by atoms with Crippen molar-refractivity contribution in [1.29, 1.82) is 0 Å². The van der Waals surface area contributed by atoms with Gasteiger partial charge in [0.05, 0.1) is 12.8 Å². The molecule has 0 bridgehead atoms. The highest BCUT2D eigenvalue weighted by molar-refractivity contribution is 5.93. The standard InChI is InChI=1S/C10H14N2O3/c1-11(2)9(13)7-12(3)10(14)8-5-4-6-15-8/h4-6H,7H2,1-3H3. The third-order valence-electron chi connectivity index (χ3n) is 1.95. The fraction of sp³-hybridized carbons (Fsp3) is 0.400. The summed E-state index contributed by atoms with van der Waals surface area (Å²) in [5, 5.41) is 0. The van der Waals surface area contributed by atoms with E-state index in [9.17, 15) is 9.59 Å². The van der Waals surface area contributed by atoms with E-state index in [0.717, 1.165) is 0 Å². The molecule has 2 amide bonds. The average Bonchev–Trinajstić information content (AvgIpc) is 2.68. The number of carbonyl (C=O) groups excluding carboxylic acids is 2. The number of hydrogen-bond donors (Lipinski definition) is 0. The second-order valence-corrected chi connectivity index (χ2v) is 3.43. The summed E-state index contributed by atoms with van der Waals surface area (Å²) in [6.07, 6.45) is 1.43. The molecular formula is C10H14N2O3. The Bertz CT molecular complexity index is 344. The molecule has 82 valence electrons. The molecule has 1 heterocycles. The molecule has 0 unspecified atom stereocenters. The fourth-order valence-electron chi connectivity index (χ4n) is 1.00. The molecule has 0 fully saturated rings. The van der Waals surface area contributed by atoms with Crippen LogP contribution < -0.4 is 0 Å². The van der Waals surface area contributed by atoms with Crippen LogP contribution >= 0.6 is 0 Å². The first-order valence-corrected chi connectivity index (χ1v) is 4.51. The Morgan fingerprint density at radius 1 is 1.33 bits per heavy atom. The van der Waals surface area contributed by atoms with Gasteiger partial charge in [0.1, 0.15) is 0 Å². The zero-order valence-electron chi connectivity index (χ0n) is 9.06. The van der Waals surface area contributed by atoms with E-state index in [1.54, 1.807) is 33.3 Å². The van der Waals surface area contributed by atoms with Gasteiger partial charge < -0.3 is 14.2 Å². The van der Waals surface area contributed by atoms with Gasteiger partial charge in [0.15, 0.2) is 5.76 Å². The summed E-state index contributed by atoms with van der Waals surface area (Å²) >= 11 is 0. The molecule has 0 aliphatic heterocycles. The van der Waals surface area contributed by atoms with Crippen LogP contribution in [0, 0.1) is 0 Å². The Kier molecular flexibility index (Phi) is 3.49. The molecule has 1 aromatic rings. The maximum absolute atomic E-state index is 11.6. The molecule has 5 heteroatoms. The molecule has 0 saturated heterocycles. The maximum atomic E-state index is 11.6. The third-order valence-corrected chi connectivity index (χ3v) is 1.95. The molecule has 1 aromatic heterocycles. The Morgan fingerprint density at radius 2 is 2.00 bits per heavy atom. The summed E-state index contributed by atoms with van der Waals surface area (Å²) in [5.74, 6) is -0.184. The van der Waals surface area contributed by atoms with Crippen molar-refractivity contribution in [2.24, 2.45) is 0 Å². The lowest BCUT2D eigenvalue weighted by molar-refractivity contribution is -0.129. The quantitative estimate of drug-likeness (QED) is 0.727. The van der Waals surface area contributed by atoms with Crippen molar-refractivity contribution in [3.05, 3.63) is 24.2 Å². The van der Waals surface area contributed by atoms with Crippen molar-refractivity contribution in [2.75, 3.05) is 27.7 Å². The minimum Gasteiger partial charge on any atom is -0.459 e. The number of furan rings is 1. The van der Waals surface area contributed by atoms with Crippen molar-refractivity contribution >= 4 is 11.8 Å². The van der Waals surface area contributed by atoms with E-state index in [4.69, 9.17) is 4.42 Å². The second kappa shape index (κ2) is 4.63. The van der Waals surface area contributed by atoms with E-state index in [1.807, 2.05) is 0 Å². The Labute approximate surface area is 88.3 Å². The molecule has 5 nitrogen and oxygen atoms in total. The van der Waals surface area contributed by atoms with Gasteiger partial charge in [0.25, 0.3) is 5.91 Å². The number of likely N-dealkylation sites (N-methyl/N-ethyl adjacent to an activating group) is 2. The number of hydrogen-bond acceptors (Lipinski definition) is 3. The monoisotopic (exact) mass is 210 g/mol. The van der Waals surface area contributed by atoms with Crippen LogP contribution in [0.25, 0.3) is 0 Å². The summed E-state index contributed by atoms with van der Waals surface area (Å²) in [5.41, 5.74) is 0. The van der Waals surface area contributed by atoms with Crippen molar-refractivity contribution < 1.29 is 14.0 Å². The predicted molar refractivity (Wildman–Crippen MR) is 54.4 cm³/mol. The molecule has 0 spiro atoms. The van der Waals surface area contributed by atoms with E-state index in [-0.39, 0.29) is 24.1 Å². The van der Waals surface area contributed by atoms with Crippen molar-refractivity contribution in [3.8, 4) is 0 Å². The normalized spacial score (nSPS) is 9.80. The Hall–Kier alpha value is -1.78. The molecular weight excluding hydrogens is 196 g/mol. The summed E-state index contributed by atoms with van der Waals surface area (Å²) < 4.78 is 4.94. The van der Waals surface area contributed by atoms with Gasteiger partial charge in [-0.2, -0.15) is 0 Å². The van der Waals surface area contributed by atoms with E-state index >= 15 is 0 Å². The minimum atomic E-state index is -0.296. The number of carbonyl (C=O) groups is 2. The zero-order valence-corrected chi connectivity index (χ0v) is 9.06. The van der Waals surface area contributed by atoms with Gasteiger partial charge in [-0.3, -0.25) is 9.59 Å². The molecule has 0 N–H and O–H groups in total. The van der Waals surface area contributed by atoms with Gasteiger partial charge in [-0.15, -0.1) is 0 Å². The SMILES string of the molecule is CN(C)C(=O)CN(C)C(=O)c1ccco1. The fourth-order valence-corrected chi connectivity index (χ4v) is 1.00. The van der Waals surface area contributed by atoms with Crippen LogP contribution in [-0.4, -0.2) is 49.3 Å². The molecule has 0 aliphatic rings. The van der Waals surface area contributed by atoms with Crippen LogP contribution in [0.4, 0.5) is 0 Å². The smallest absolute Gasteiger partial charge is 0.289 e. The second-order valence-electron chi connectivity index (χ2n) is 3.43. The molecule has 0 aliphatic carbocycles. The van der Waals surface area contributed by atoms with Gasteiger partial charge in [-0.05, 0) is 12.1 Å². The number of rotatable bonds is 3. The molecule has 0 atom stereocenters. The summed E-state index contributed by atoms with van der Waals surface area (Å²) in [6.45, 7) is 0.0481. The number of amides is 2. The van der Waals surface area contributed by atoms with Crippen LogP contribution in [0.1, 0.15) is 10.6 Å². The van der Waals surface area contributed by atoms with Crippen molar-refractivity contribution in [3.63, 3.8) is 0 Å². The van der Waals surface area contributed by atoms with Crippen LogP contribution in [-0.2, 0) is 4.79 Å². The molecule has 15 heavy (non-hydrogen) atoms. The summed E-state index contributed by atoms with van der Waals surface area (Å²) in [4.78, 5) is 25.7. The first-order valence-electron chi connectivity index (χ1n) is 4.51. The van der Waals surface area contributed by atoms with Gasteiger partial charge in [0, 0.05) is 21.1 Å². The molecule has 0 saturated carbocycles. The first kappa shape index (κ1) is 11.3.